The third-order valence-electron chi connectivity index (χ3n) is 6.74. The van der Waals surface area contributed by atoms with Gasteiger partial charge in [0.15, 0.2) is 0 Å². The quantitative estimate of drug-likeness (QED) is 0.531. The number of carbonyl (C=O) groups excluding carboxylic acids is 3. The van der Waals surface area contributed by atoms with Gasteiger partial charge in [-0.1, -0.05) is 42.5 Å². The third kappa shape index (κ3) is 6.90. The van der Waals surface area contributed by atoms with Gasteiger partial charge in [0.2, 0.25) is 17.7 Å². The molecule has 3 amide bonds. The van der Waals surface area contributed by atoms with Crippen LogP contribution in [0.2, 0.25) is 0 Å². The number of halogens is 2. The molecule has 0 saturated carbocycles. The predicted molar refractivity (Wildman–Crippen MR) is 136 cm³/mol. The predicted octanol–water partition coefficient (Wildman–Crippen LogP) is 3.95. The van der Waals surface area contributed by atoms with E-state index in [0.717, 1.165) is 48.6 Å². The van der Waals surface area contributed by atoms with Crippen molar-refractivity contribution in [2.75, 3.05) is 6.54 Å². The summed E-state index contributed by atoms with van der Waals surface area (Å²) in [5.41, 5.74) is 3.51. The van der Waals surface area contributed by atoms with E-state index >= 15 is 0 Å². The van der Waals surface area contributed by atoms with Crippen molar-refractivity contribution in [1.82, 2.24) is 15.5 Å². The van der Waals surface area contributed by atoms with Crippen LogP contribution in [0.15, 0.2) is 66.3 Å². The SMILES string of the molecule is CC(C(=O)NCc1cc(F)cc(F)c1)C(=O)NC(CC1=CCCC=C1)C(=O)N1CCc2ccccc2C1. The lowest BCUT2D eigenvalue weighted by Gasteiger charge is -2.32. The van der Waals surface area contributed by atoms with Gasteiger partial charge in [-0.05, 0) is 60.6 Å². The van der Waals surface area contributed by atoms with Crippen LogP contribution >= 0.6 is 0 Å². The first-order valence-electron chi connectivity index (χ1n) is 12.5. The Morgan fingerprint density at radius 3 is 2.43 bits per heavy atom. The molecular weight excluding hydrogens is 476 g/mol. The van der Waals surface area contributed by atoms with Crippen LogP contribution in [0, 0.1) is 17.6 Å². The number of nitrogens with one attached hydrogen (secondary N) is 2. The van der Waals surface area contributed by atoms with Gasteiger partial charge in [-0.2, -0.15) is 0 Å². The highest BCUT2D eigenvalue weighted by Gasteiger charge is 2.31. The summed E-state index contributed by atoms with van der Waals surface area (Å²) in [5.74, 6) is -3.97. The molecule has 37 heavy (non-hydrogen) atoms. The van der Waals surface area contributed by atoms with Gasteiger partial charge in [-0.25, -0.2) is 8.78 Å². The van der Waals surface area contributed by atoms with E-state index in [9.17, 15) is 23.2 Å². The second kappa shape index (κ2) is 12.0. The largest absolute Gasteiger partial charge is 0.351 e. The Kier molecular flexibility index (Phi) is 8.48. The monoisotopic (exact) mass is 507 g/mol. The molecule has 2 aromatic rings. The highest BCUT2D eigenvalue weighted by atomic mass is 19.1. The minimum atomic E-state index is -1.10. The summed E-state index contributed by atoms with van der Waals surface area (Å²) in [6.45, 7) is 2.33. The van der Waals surface area contributed by atoms with Gasteiger partial charge in [-0.3, -0.25) is 14.4 Å². The molecule has 2 unspecified atom stereocenters. The first-order valence-corrected chi connectivity index (χ1v) is 12.5. The van der Waals surface area contributed by atoms with Crippen molar-refractivity contribution in [2.24, 2.45) is 5.92 Å². The minimum absolute atomic E-state index is 0.127. The number of carbonyl (C=O) groups is 3. The number of benzene rings is 2. The molecule has 0 spiro atoms. The molecule has 1 aliphatic heterocycles. The number of fused-ring (bicyclic) bond motifs is 1. The van der Waals surface area contributed by atoms with E-state index in [1.165, 1.54) is 12.5 Å². The average molecular weight is 508 g/mol. The van der Waals surface area contributed by atoms with Crippen molar-refractivity contribution in [3.63, 3.8) is 0 Å². The zero-order chi connectivity index (χ0) is 26.4. The molecule has 2 atom stereocenters. The van der Waals surface area contributed by atoms with Gasteiger partial charge in [0.25, 0.3) is 0 Å². The Labute approximate surface area is 215 Å². The maximum Gasteiger partial charge on any atom is 0.245 e. The fraction of sp³-hybridized carbons (Fsp3) is 0.345. The highest BCUT2D eigenvalue weighted by molar-refractivity contribution is 6.01. The zero-order valence-corrected chi connectivity index (χ0v) is 20.8. The second-order valence-electron chi connectivity index (χ2n) is 9.52. The Morgan fingerprint density at radius 2 is 1.73 bits per heavy atom. The maximum atomic E-state index is 13.6. The van der Waals surface area contributed by atoms with Crippen molar-refractivity contribution < 1.29 is 23.2 Å². The molecule has 2 N–H and O–H groups in total. The summed E-state index contributed by atoms with van der Waals surface area (Å²) < 4.78 is 26.8. The molecule has 8 heteroatoms. The molecule has 2 aliphatic rings. The van der Waals surface area contributed by atoms with Gasteiger partial charge in [0, 0.05) is 32.1 Å². The van der Waals surface area contributed by atoms with Crippen LogP contribution in [0.3, 0.4) is 0 Å². The van der Waals surface area contributed by atoms with Crippen LogP contribution in [-0.2, 0) is 33.9 Å². The lowest BCUT2D eigenvalue weighted by Crippen LogP contribution is -2.52. The summed E-state index contributed by atoms with van der Waals surface area (Å²) in [5, 5.41) is 5.34. The van der Waals surface area contributed by atoms with Crippen LogP contribution in [0.1, 0.15) is 42.9 Å². The van der Waals surface area contributed by atoms with E-state index in [1.807, 2.05) is 30.4 Å². The van der Waals surface area contributed by atoms with E-state index in [1.54, 1.807) is 4.90 Å². The van der Waals surface area contributed by atoms with E-state index in [4.69, 9.17) is 0 Å². The number of hydrogen-bond donors (Lipinski definition) is 2. The van der Waals surface area contributed by atoms with E-state index in [2.05, 4.69) is 22.8 Å². The van der Waals surface area contributed by atoms with E-state index in [0.29, 0.717) is 19.5 Å². The lowest BCUT2D eigenvalue weighted by molar-refractivity contribution is -0.140. The number of hydrogen-bond acceptors (Lipinski definition) is 3. The van der Waals surface area contributed by atoms with Gasteiger partial charge in [0.05, 0.1) is 0 Å². The summed E-state index contributed by atoms with van der Waals surface area (Å²) in [6, 6.07) is 10.2. The standard InChI is InChI=1S/C29H31F2N3O3/c1-19(27(35)32-17-21-13-24(30)16-25(31)14-21)28(36)33-26(15-20-7-3-2-4-8-20)29(37)34-12-11-22-9-5-6-10-23(22)18-34/h3,5-10,13-14,16,19,26H,2,4,11-12,15,17-18H2,1H3,(H,32,35)(H,33,36). The fourth-order valence-electron chi connectivity index (χ4n) is 4.63. The molecule has 1 heterocycles. The number of rotatable bonds is 8. The molecule has 194 valence electrons. The van der Waals surface area contributed by atoms with Crippen LogP contribution in [0.4, 0.5) is 8.78 Å². The van der Waals surface area contributed by atoms with E-state index < -0.39 is 35.4 Å². The summed E-state index contributed by atoms with van der Waals surface area (Å²) >= 11 is 0. The Hall–Kier alpha value is -3.81. The number of nitrogens with zero attached hydrogens (tertiary/aromatic N) is 1. The normalized spacial score (nSPS) is 16.3. The van der Waals surface area contributed by atoms with Crippen molar-refractivity contribution in [1.29, 1.82) is 0 Å². The minimum Gasteiger partial charge on any atom is -0.351 e. The molecule has 2 aromatic carbocycles. The van der Waals surface area contributed by atoms with Crippen molar-refractivity contribution in [2.45, 2.75) is 51.7 Å². The molecule has 0 bridgehead atoms. The summed E-state index contributed by atoms with van der Waals surface area (Å²) in [6.07, 6.45) is 8.95. The topological polar surface area (TPSA) is 78.5 Å². The van der Waals surface area contributed by atoms with Crippen LogP contribution in [0.5, 0.6) is 0 Å². The van der Waals surface area contributed by atoms with Crippen molar-refractivity contribution in [3.05, 3.63) is 94.6 Å². The van der Waals surface area contributed by atoms with Gasteiger partial charge in [0.1, 0.15) is 23.6 Å². The Morgan fingerprint density at radius 1 is 1.00 bits per heavy atom. The van der Waals surface area contributed by atoms with Gasteiger partial charge >= 0.3 is 0 Å². The molecule has 0 aromatic heterocycles. The zero-order valence-electron chi connectivity index (χ0n) is 20.8. The van der Waals surface area contributed by atoms with E-state index in [-0.39, 0.29) is 18.0 Å². The lowest BCUT2D eigenvalue weighted by atomic mass is 9.96. The maximum absolute atomic E-state index is 13.6. The third-order valence-corrected chi connectivity index (χ3v) is 6.74. The molecule has 4 rings (SSSR count). The average Bonchev–Trinajstić information content (AvgIpc) is 2.90. The molecule has 0 radical (unpaired) electrons. The van der Waals surface area contributed by atoms with Crippen LogP contribution in [-0.4, -0.2) is 35.2 Å². The highest BCUT2D eigenvalue weighted by Crippen LogP contribution is 2.22. The molecule has 0 fully saturated rings. The van der Waals surface area contributed by atoms with Crippen LogP contribution < -0.4 is 10.6 Å². The molecule has 0 saturated heterocycles. The Bertz CT molecular complexity index is 1220. The number of allylic oxidation sites excluding steroid dienone is 3. The Balaban J connectivity index is 1.42. The first-order chi connectivity index (χ1) is 17.8. The number of amides is 3. The molecular formula is C29H31F2N3O3. The van der Waals surface area contributed by atoms with Crippen LogP contribution in [0.25, 0.3) is 0 Å². The van der Waals surface area contributed by atoms with Crippen molar-refractivity contribution in [3.8, 4) is 0 Å². The second-order valence-corrected chi connectivity index (χ2v) is 9.52. The van der Waals surface area contributed by atoms with Crippen molar-refractivity contribution >= 4 is 17.7 Å². The molecule has 6 nitrogen and oxygen atoms in total. The molecule has 1 aliphatic carbocycles. The van der Waals surface area contributed by atoms with Gasteiger partial charge < -0.3 is 15.5 Å². The fourth-order valence-corrected chi connectivity index (χ4v) is 4.63. The van der Waals surface area contributed by atoms with Gasteiger partial charge in [-0.15, -0.1) is 0 Å². The summed E-state index contributed by atoms with van der Waals surface area (Å²) in [4.78, 5) is 41.0. The summed E-state index contributed by atoms with van der Waals surface area (Å²) in [7, 11) is 0. The first kappa shape index (κ1) is 26.3. The smallest absolute Gasteiger partial charge is 0.245 e.